The zero-order valence-corrected chi connectivity index (χ0v) is 14.0. The van der Waals surface area contributed by atoms with Gasteiger partial charge in [-0.3, -0.25) is 0 Å². The zero-order chi connectivity index (χ0) is 18.4. The summed E-state index contributed by atoms with van der Waals surface area (Å²) in [5, 5.41) is 15.2. The molecule has 0 bridgehead atoms. The van der Waals surface area contributed by atoms with Gasteiger partial charge in [0.2, 0.25) is 0 Å². The highest BCUT2D eigenvalue weighted by Crippen LogP contribution is 2.25. The van der Waals surface area contributed by atoms with Crippen molar-refractivity contribution in [2.45, 2.75) is 6.42 Å². The number of hydrogen-bond donors (Lipinski definition) is 4. The van der Waals surface area contributed by atoms with E-state index in [0.29, 0.717) is 29.6 Å². The van der Waals surface area contributed by atoms with Gasteiger partial charge in [-0.1, -0.05) is 30.3 Å². The van der Waals surface area contributed by atoms with E-state index >= 15 is 0 Å². The summed E-state index contributed by atoms with van der Waals surface area (Å²) in [6, 6.07) is 16.5. The number of nitrogens with zero attached hydrogens (tertiary/aromatic N) is 2. The smallest absolute Gasteiger partial charge is 0.335 e. The average molecular weight is 349 g/mol. The molecule has 1 aromatic heterocycles. The minimum atomic E-state index is -0.969. The van der Waals surface area contributed by atoms with E-state index in [0.717, 1.165) is 6.42 Å². The van der Waals surface area contributed by atoms with Crippen LogP contribution in [-0.2, 0) is 6.42 Å². The second-order valence-corrected chi connectivity index (χ2v) is 5.65. The number of aromatic nitrogens is 2. The van der Waals surface area contributed by atoms with Crippen molar-refractivity contribution in [3.63, 3.8) is 0 Å². The monoisotopic (exact) mass is 349 g/mol. The highest BCUT2D eigenvalue weighted by atomic mass is 16.4. The summed E-state index contributed by atoms with van der Waals surface area (Å²) in [6.45, 7) is 0.692. The molecular formula is C19H19N5O2. The Kier molecular flexibility index (Phi) is 5.28. The number of aromatic carboxylic acids is 1. The van der Waals surface area contributed by atoms with E-state index in [1.54, 1.807) is 12.1 Å². The summed E-state index contributed by atoms with van der Waals surface area (Å²) in [5.41, 5.74) is 8.68. The molecular weight excluding hydrogens is 330 g/mol. The van der Waals surface area contributed by atoms with Crippen LogP contribution in [0.25, 0.3) is 0 Å². The van der Waals surface area contributed by atoms with E-state index in [1.165, 1.54) is 24.0 Å². The summed E-state index contributed by atoms with van der Waals surface area (Å²) < 4.78 is 0. The van der Waals surface area contributed by atoms with Crippen molar-refractivity contribution in [3.8, 4) is 0 Å². The number of anilines is 4. The number of nitrogen functional groups attached to an aromatic ring is 1. The molecule has 0 unspecified atom stereocenters. The van der Waals surface area contributed by atoms with Gasteiger partial charge in [-0.2, -0.15) is 0 Å². The largest absolute Gasteiger partial charge is 0.478 e. The third-order valence-electron chi connectivity index (χ3n) is 3.83. The summed E-state index contributed by atoms with van der Waals surface area (Å²) >= 11 is 0. The Hall–Kier alpha value is -3.61. The molecule has 26 heavy (non-hydrogen) atoms. The average Bonchev–Trinajstić information content (AvgIpc) is 2.66. The van der Waals surface area contributed by atoms with E-state index < -0.39 is 5.97 Å². The van der Waals surface area contributed by atoms with Crippen molar-refractivity contribution < 1.29 is 9.90 Å². The Bertz CT molecular complexity index is 882. The molecule has 5 N–H and O–H groups in total. The molecule has 132 valence electrons. The first kappa shape index (κ1) is 17.2. The van der Waals surface area contributed by atoms with E-state index in [4.69, 9.17) is 10.8 Å². The van der Waals surface area contributed by atoms with Crippen LogP contribution in [0, 0.1) is 0 Å². The van der Waals surface area contributed by atoms with Gasteiger partial charge in [0.1, 0.15) is 12.0 Å². The van der Waals surface area contributed by atoms with Gasteiger partial charge in [-0.25, -0.2) is 14.8 Å². The Morgan fingerprint density at radius 3 is 2.38 bits per heavy atom. The number of benzene rings is 2. The van der Waals surface area contributed by atoms with Crippen LogP contribution in [0.3, 0.4) is 0 Å². The van der Waals surface area contributed by atoms with Crippen LogP contribution in [0.15, 0.2) is 60.9 Å². The lowest BCUT2D eigenvalue weighted by molar-refractivity contribution is 0.0697. The maximum atomic E-state index is 10.9. The first-order valence-electron chi connectivity index (χ1n) is 8.12. The quantitative estimate of drug-likeness (QED) is 0.518. The molecule has 7 heteroatoms. The highest BCUT2D eigenvalue weighted by molar-refractivity contribution is 5.88. The number of hydrogen-bond acceptors (Lipinski definition) is 6. The van der Waals surface area contributed by atoms with Crippen LogP contribution in [0.1, 0.15) is 15.9 Å². The van der Waals surface area contributed by atoms with Gasteiger partial charge in [0.15, 0.2) is 11.6 Å². The molecule has 3 aromatic rings. The third-order valence-corrected chi connectivity index (χ3v) is 3.83. The fourth-order valence-corrected chi connectivity index (χ4v) is 2.44. The topological polar surface area (TPSA) is 113 Å². The Balaban J connectivity index is 1.65. The Morgan fingerprint density at radius 2 is 1.69 bits per heavy atom. The van der Waals surface area contributed by atoms with Crippen LogP contribution in [0.4, 0.5) is 23.0 Å². The number of carboxylic acids is 1. The lowest BCUT2D eigenvalue weighted by Crippen LogP contribution is -2.10. The zero-order valence-electron chi connectivity index (χ0n) is 14.0. The lowest BCUT2D eigenvalue weighted by Gasteiger charge is -2.12. The molecule has 0 atom stereocenters. The molecule has 1 heterocycles. The highest BCUT2D eigenvalue weighted by Gasteiger charge is 2.09. The maximum absolute atomic E-state index is 10.9. The number of carboxylic acid groups (broad SMARTS) is 1. The van der Waals surface area contributed by atoms with Gasteiger partial charge >= 0.3 is 5.97 Å². The minimum absolute atomic E-state index is 0.217. The lowest BCUT2D eigenvalue weighted by atomic mass is 10.1. The first-order chi connectivity index (χ1) is 12.6. The Morgan fingerprint density at radius 1 is 1.00 bits per heavy atom. The van der Waals surface area contributed by atoms with Crippen molar-refractivity contribution in [2.75, 3.05) is 22.9 Å². The number of carbonyl (C=O) groups is 1. The van der Waals surface area contributed by atoms with Gasteiger partial charge in [-0.05, 0) is 36.2 Å². The molecule has 0 aliphatic heterocycles. The van der Waals surface area contributed by atoms with E-state index in [-0.39, 0.29) is 5.56 Å². The van der Waals surface area contributed by atoms with Crippen LogP contribution in [-0.4, -0.2) is 27.6 Å². The van der Waals surface area contributed by atoms with E-state index in [2.05, 4.69) is 32.7 Å². The van der Waals surface area contributed by atoms with Crippen molar-refractivity contribution in [2.24, 2.45) is 0 Å². The fourth-order valence-electron chi connectivity index (χ4n) is 2.44. The third kappa shape index (κ3) is 4.27. The van der Waals surface area contributed by atoms with Crippen molar-refractivity contribution in [1.29, 1.82) is 0 Å². The normalized spacial score (nSPS) is 10.3. The van der Waals surface area contributed by atoms with Crippen LogP contribution in [0.5, 0.6) is 0 Å². The fraction of sp³-hybridized carbons (Fsp3) is 0.105. The molecule has 0 saturated heterocycles. The predicted molar refractivity (Wildman–Crippen MR) is 102 cm³/mol. The van der Waals surface area contributed by atoms with Crippen molar-refractivity contribution in [3.05, 3.63) is 72.1 Å². The van der Waals surface area contributed by atoms with Crippen LogP contribution >= 0.6 is 0 Å². The van der Waals surface area contributed by atoms with Crippen LogP contribution < -0.4 is 16.4 Å². The molecule has 0 aliphatic rings. The van der Waals surface area contributed by atoms with Gasteiger partial charge in [0.05, 0.1) is 5.56 Å². The second-order valence-electron chi connectivity index (χ2n) is 5.65. The molecule has 0 saturated carbocycles. The van der Waals surface area contributed by atoms with E-state index in [9.17, 15) is 4.79 Å². The molecule has 0 fully saturated rings. The molecule has 0 spiro atoms. The number of rotatable bonds is 7. The molecule has 0 aliphatic carbocycles. The summed E-state index contributed by atoms with van der Waals surface area (Å²) in [6.07, 6.45) is 2.28. The van der Waals surface area contributed by atoms with Gasteiger partial charge in [-0.15, -0.1) is 0 Å². The Labute approximate surface area is 150 Å². The molecule has 0 amide bonds. The van der Waals surface area contributed by atoms with E-state index in [1.807, 2.05) is 18.2 Å². The van der Waals surface area contributed by atoms with Gasteiger partial charge < -0.3 is 21.5 Å². The number of nitrogens with one attached hydrogen (secondary N) is 2. The minimum Gasteiger partial charge on any atom is -0.478 e. The molecule has 0 radical (unpaired) electrons. The predicted octanol–water partition coefficient (Wildman–Crippen LogP) is 3.16. The van der Waals surface area contributed by atoms with Crippen LogP contribution in [0.2, 0.25) is 0 Å². The SMILES string of the molecule is Nc1c(NCCc2ccccc2)ncnc1Nc1ccc(C(=O)O)cc1. The molecule has 3 rings (SSSR count). The second kappa shape index (κ2) is 7.98. The van der Waals surface area contributed by atoms with Gasteiger partial charge in [0, 0.05) is 12.2 Å². The summed E-state index contributed by atoms with van der Waals surface area (Å²) in [4.78, 5) is 19.2. The maximum Gasteiger partial charge on any atom is 0.335 e. The van der Waals surface area contributed by atoms with Gasteiger partial charge in [0.25, 0.3) is 0 Å². The number of nitrogens with two attached hydrogens (primary N) is 1. The molecule has 7 nitrogen and oxygen atoms in total. The molecule has 2 aromatic carbocycles. The van der Waals surface area contributed by atoms with Crippen molar-refractivity contribution in [1.82, 2.24) is 9.97 Å². The van der Waals surface area contributed by atoms with Crippen molar-refractivity contribution >= 4 is 29.0 Å². The summed E-state index contributed by atoms with van der Waals surface area (Å²) in [5.74, 6) is 0.0499. The standard InChI is InChI=1S/C19H19N5O2/c20-16-17(21-11-10-13-4-2-1-3-5-13)22-12-23-18(16)24-15-8-6-14(7-9-15)19(25)26/h1-9,12H,10-11,20H2,(H,25,26)(H2,21,22,23,24). The summed E-state index contributed by atoms with van der Waals surface area (Å²) in [7, 11) is 0. The first-order valence-corrected chi connectivity index (χ1v) is 8.12.